The molecule has 3 rings (SSSR count). The van der Waals surface area contributed by atoms with Gasteiger partial charge in [-0.3, -0.25) is 9.59 Å². The fourth-order valence-corrected chi connectivity index (χ4v) is 2.52. The molecule has 7 nitrogen and oxygen atoms in total. The van der Waals surface area contributed by atoms with Crippen LogP contribution in [0, 0.1) is 6.92 Å². The molecule has 1 aromatic carbocycles. The van der Waals surface area contributed by atoms with Crippen molar-refractivity contribution in [2.75, 3.05) is 0 Å². The van der Waals surface area contributed by atoms with E-state index in [4.69, 9.17) is 10.2 Å². The van der Waals surface area contributed by atoms with E-state index in [1.807, 2.05) is 24.3 Å². The number of fused-ring (bicyclic) bond motifs is 1. The third-order valence-electron chi connectivity index (χ3n) is 3.62. The van der Waals surface area contributed by atoms with Crippen molar-refractivity contribution in [3.63, 3.8) is 0 Å². The van der Waals surface area contributed by atoms with Gasteiger partial charge in [-0.1, -0.05) is 18.2 Å². The van der Waals surface area contributed by atoms with Crippen molar-refractivity contribution in [2.24, 2.45) is 10.8 Å². The van der Waals surface area contributed by atoms with Gasteiger partial charge in [0, 0.05) is 22.7 Å². The first kappa shape index (κ1) is 15.5. The van der Waals surface area contributed by atoms with E-state index in [1.54, 1.807) is 23.8 Å². The van der Waals surface area contributed by atoms with Gasteiger partial charge in [0.25, 0.3) is 5.91 Å². The van der Waals surface area contributed by atoms with Crippen molar-refractivity contribution in [3.05, 3.63) is 59.7 Å². The Morgan fingerprint density at radius 2 is 2.12 bits per heavy atom. The van der Waals surface area contributed by atoms with Crippen LogP contribution in [0.2, 0.25) is 0 Å². The van der Waals surface area contributed by atoms with Gasteiger partial charge < -0.3 is 14.7 Å². The molecule has 122 valence electrons. The smallest absolute Gasteiger partial charge is 0.274 e. The maximum atomic E-state index is 12.0. The average molecular weight is 324 g/mol. The third-order valence-corrected chi connectivity index (χ3v) is 3.62. The van der Waals surface area contributed by atoms with Gasteiger partial charge >= 0.3 is 0 Å². The zero-order chi connectivity index (χ0) is 17.1. The van der Waals surface area contributed by atoms with Crippen LogP contribution in [0.25, 0.3) is 10.9 Å². The molecule has 0 aliphatic rings. The first-order valence-corrected chi connectivity index (χ1v) is 7.30. The van der Waals surface area contributed by atoms with Crippen molar-refractivity contribution < 1.29 is 14.0 Å². The highest BCUT2D eigenvalue weighted by molar-refractivity contribution is 6.01. The normalized spacial score (nSPS) is 11.2. The number of aromatic nitrogens is 1. The Morgan fingerprint density at radius 3 is 2.83 bits per heavy atom. The number of benzene rings is 1. The number of furan rings is 1. The van der Waals surface area contributed by atoms with E-state index in [1.165, 1.54) is 12.5 Å². The van der Waals surface area contributed by atoms with Crippen LogP contribution in [0.5, 0.6) is 0 Å². The molecule has 0 unspecified atom stereocenters. The van der Waals surface area contributed by atoms with E-state index in [2.05, 4.69) is 10.5 Å². The summed E-state index contributed by atoms with van der Waals surface area (Å²) in [7, 11) is 0. The molecule has 24 heavy (non-hydrogen) atoms. The molecular formula is C17H16N4O3. The number of rotatable bonds is 5. The fraction of sp³-hybridized carbons (Fsp3) is 0.118. The second kappa shape index (κ2) is 6.41. The summed E-state index contributed by atoms with van der Waals surface area (Å²) in [5.41, 5.74) is 9.81. The molecule has 7 heteroatoms. The predicted molar refractivity (Wildman–Crippen MR) is 89.6 cm³/mol. The number of hydrogen-bond acceptors (Lipinski definition) is 4. The Labute approximate surface area is 137 Å². The molecule has 0 aliphatic heterocycles. The number of nitrogens with two attached hydrogens (primary N) is 1. The van der Waals surface area contributed by atoms with Gasteiger partial charge in [0.2, 0.25) is 5.91 Å². The van der Waals surface area contributed by atoms with Crippen LogP contribution in [0.1, 0.15) is 21.7 Å². The van der Waals surface area contributed by atoms with Crippen LogP contribution < -0.4 is 11.2 Å². The minimum atomic E-state index is -0.428. The summed E-state index contributed by atoms with van der Waals surface area (Å²) in [4.78, 5) is 23.2. The lowest BCUT2D eigenvalue weighted by Crippen LogP contribution is -2.18. The summed E-state index contributed by atoms with van der Waals surface area (Å²) >= 11 is 0. The molecule has 3 N–H and O–H groups in total. The number of primary amides is 1. The van der Waals surface area contributed by atoms with E-state index in [-0.39, 0.29) is 12.5 Å². The number of nitrogens with one attached hydrogen (secondary N) is 1. The highest BCUT2D eigenvalue weighted by atomic mass is 16.3. The molecule has 3 aromatic rings. The second-order valence-electron chi connectivity index (χ2n) is 5.29. The minimum absolute atomic E-state index is 0.0783. The van der Waals surface area contributed by atoms with Gasteiger partial charge in [-0.2, -0.15) is 5.10 Å². The first-order chi connectivity index (χ1) is 11.6. The lowest BCUT2D eigenvalue weighted by Gasteiger charge is -2.00. The molecule has 2 heterocycles. The Bertz CT molecular complexity index is 936. The highest BCUT2D eigenvalue weighted by Crippen LogP contribution is 2.19. The summed E-state index contributed by atoms with van der Waals surface area (Å²) in [6.45, 7) is 1.78. The summed E-state index contributed by atoms with van der Waals surface area (Å²) in [5, 5.41) is 4.90. The first-order valence-electron chi connectivity index (χ1n) is 7.30. The van der Waals surface area contributed by atoms with E-state index in [0.717, 1.165) is 16.5 Å². The molecule has 0 aliphatic carbocycles. The van der Waals surface area contributed by atoms with Crippen molar-refractivity contribution in [2.45, 2.75) is 13.5 Å². The van der Waals surface area contributed by atoms with E-state index >= 15 is 0 Å². The van der Waals surface area contributed by atoms with Crippen LogP contribution in [0.15, 0.2) is 52.3 Å². The molecule has 0 atom stereocenters. The SMILES string of the molecule is Cc1occc1C(=O)N/N=C/c1cn(CC(N)=O)c2ccccc12. The number of hydrogen-bond donors (Lipinski definition) is 2. The monoisotopic (exact) mass is 324 g/mol. The molecule has 0 bridgehead atoms. The predicted octanol–water partition coefficient (Wildman–Crippen LogP) is 1.79. The quantitative estimate of drug-likeness (QED) is 0.552. The van der Waals surface area contributed by atoms with E-state index < -0.39 is 5.91 Å². The second-order valence-corrected chi connectivity index (χ2v) is 5.29. The van der Waals surface area contributed by atoms with Gasteiger partial charge in [0.1, 0.15) is 12.3 Å². The number of carbonyl (C=O) groups is 2. The number of carbonyl (C=O) groups excluding carboxylic acids is 2. The van der Waals surface area contributed by atoms with Crippen molar-refractivity contribution in [1.29, 1.82) is 0 Å². The largest absolute Gasteiger partial charge is 0.469 e. The van der Waals surface area contributed by atoms with Crippen LogP contribution in [0.3, 0.4) is 0 Å². The fourth-order valence-electron chi connectivity index (χ4n) is 2.52. The number of nitrogens with zero attached hydrogens (tertiary/aromatic N) is 2. The Morgan fingerprint density at radius 1 is 1.33 bits per heavy atom. The lowest BCUT2D eigenvalue weighted by molar-refractivity contribution is -0.118. The number of hydrazone groups is 1. The summed E-state index contributed by atoms with van der Waals surface area (Å²) in [5.74, 6) is -0.248. The summed E-state index contributed by atoms with van der Waals surface area (Å²) < 4.78 is 6.84. The molecule has 0 spiro atoms. The van der Waals surface area contributed by atoms with Crippen molar-refractivity contribution in [1.82, 2.24) is 9.99 Å². The number of para-hydroxylation sites is 1. The summed E-state index contributed by atoms with van der Waals surface area (Å²) in [6, 6.07) is 9.16. The minimum Gasteiger partial charge on any atom is -0.469 e. The lowest BCUT2D eigenvalue weighted by atomic mass is 10.2. The Balaban J connectivity index is 1.83. The maximum Gasteiger partial charge on any atom is 0.274 e. The molecule has 0 radical (unpaired) electrons. The van der Waals surface area contributed by atoms with Gasteiger partial charge in [0.05, 0.1) is 18.0 Å². The maximum absolute atomic E-state index is 12.0. The average Bonchev–Trinajstić information content (AvgIpc) is 3.12. The molecule has 2 aromatic heterocycles. The van der Waals surface area contributed by atoms with E-state index in [9.17, 15) is 9.59 Å². The van der Waals surface area contributed by atoms with E-state index in [0.29, 0.717) is 11.3 Å². The number of amides is 2. The van der Waals surface area contributed by atoms with Crippen LogP contribution in [0.4, 0.5) is 0 Å². The van der Waals surface area contributed by atoms with Gasteiger partial charge in [-0.15, -0.1) is 0 Å². The van der Waals surface area contributed by atoms with Crippen LogP contribution >= 0.6 is 0 Å². The van der Waals surface area contributed by atoms with Gasteiger partial charge in [-0.25, -0.2) is 5.43 Å². The highest BCUT2D eigenvalue weighted by Gasteiger charge is 2.11. The van der Waals surface area contributed by atoms with Crippen molar-refractivity contribution >= 4 is 28.9 Å². The Hall–Kier alpha value is -3.35. The molecule has 0 fully saturated rings. The molecule has 0 saturated heterocycles. The van der Waals surface area contributed by atoms with Crippen LogP contribution in [-0.4, -0.2) is 22.6 Å². The zero-order valence-corrected chi connectivity index (χ0v) is 13.0. The van der Waals surface area contributed by atoms with Crippen LogP contribution in [-0.2, 0) is 11.3 Å². The molecule has 0 saturated carbocycles. The zero-order valence-electron chi connectivity index (χ0n) is 13.0. The Kier molecular flexibility index (Phi) is 4.15. The molecule has 2 amide bonds. The topological polar surface area (TPSA) is 103 Å². The summed E-state index contributed by atoms with van der Waals surface area (Å²) in [6.07, 6.45) is 4.76. The number of aryl methyl sites for hydroxylation is 1. The molecular weight excluding hydrogens is 308 g/mol. The third kappa shape index (κ3) is 3.05. The van der Waals surface area contributed by atoms with Crippen molar-refractivity contribution in [3.8, 4) is 0 Å². The standard InChI is InChI=1S/C17H16N4O3/c1-11-13(6-7-24-11)17(23)20-19-8-12-9-21(10-16(18)22)15-5-3-2-4-14(12)15/h2-9H,10H2,1H3,(H2,18,22)(H,20,23)/b19-8+. The van der Waals surface area contributed by atoms with Gasteiger partial charge in [-0.05, 0) is 19.1 Å². The van der Waals surface area contributed by atoms with Gasteiger partial charge in [0.15, 0.2) is 0 Å².